The predicted molar refractivity (Wildman–Crippen MR) is 133 cm³/mol. The summed E-state index contributed by atoms with van der Waals surface area (Å²) in [4.78, 5) is 37.7. The van der Waals surface area contributed by atoms with E-state index in [1.807, 2.05) is 4.98 Å². The van der Waals surface area contributed by atoms with Gasteiger partial charge in [0.15, 0.2) is 23.9 Å². The van der Waals surface area contributed by atoms with Gasteiger partial charge in [-0.05, 0) is 17.6 Å². The number of nitrogens with one attached hydrogen (secondary N) is 1. The highest BCUT2D eigenvalue weighted by atomic mass is 32.7. The molecule has 2 fully saturated rings. The minimum Gasteiger partial charge on any atom is -0.394 e. The van der Waals surface area contributed by atoms with Crippen LogP contribution >= 0.6 is 18.2 Å². The van der Waals surface area contributed by atoms with Crippen LogP contribution in [0.5, 0.6) is 0 Å². The van der Waals surface area contributed by atoms with E-state index in [0.29, 0.717) is 22.5 Å². The summed E-state index contributed by atoms with van der Waals surface area (Å²) in [5, 5.41) is 20.3. The minimum atomic E-state index is -4.09. The molecule has 0 bridgehead atoms. The Morgan fingerprint density at radius 2 is 2.08 bits per heavy atom. The van der Waals surface area contributed by atoms with Crippen LogP contribution in [0.1, 0.15) is 18.9 Å². The second kappa shape index (κ2) is 11.1. The quantitative estimate of drug-likeness (QED) is 0.236. The van der Waals surface area contributed by atoms with Crippen molar-refractivity contribution in [1.29, 1.82) is 0 Å². The first-order valence-electron chi connectivity index (χ1n) is 11.6. The number of fused-ring (bicyclic) bond motifs is 1. The number of hydrogen-bond donors (Lipinski definition) is 4. The van der Waals surface area contributed by atoms with Crippen LogP contribution in [0.4, 0.5) is 10.2 Å². The normalized spacial score (nSPS) is 30.6. The third-order valence-electron chi connectivity index (χ3n) is 6.35. The monoisotopic (exact) mass is 589 g/mol. The summed E-state index contributed by atoms with van der Waals surface area (Å²) in [6.07, 6.45) is -3.82. The van der Waals surface area contributed by atoms with Crippen molar-refractivity contribution in [1.82, 2.24) is 29.1 Å². The highest BCUT2D eigenvalue weighted by Crippen LogP contribution is 2.62. The maximum Gasteiger partial charge on any atom is 0.389 e. The molecule has 5 heterocycles. The van der Waals surface area contributed by atoms with Crippen LogP contribution in [0.25, 0.3) is 11.2 Å². The number of nitrogens with two attached hydrogens (primary N) is 1. The van der Waals surface area contributed by atoms with E-state index in [1.165, 1.54) is 18.9 Å². The van der Waals surface area contributed by atoms with Gasteiger partial charge in [-0.2, -0.15) is 0 Å². The second-order valence-corrected chi connectivity index (χ2v) is 12.9. The van der Waals surface area contributed by atoms with E-state index in [4.69, 9.17) is 24.3 Å². The molecule has 2 aliphatic heterocycles. The molecule has 212 valence electrons. The van der Waals surface area contributed by atoms with Gasteiger partial charge in [-0.15, -0.1) is 0 Å². The molecule has 0 aliphatic carbocycles. The lowest BCUT2D eigenvalue weighted by Gasteiger charge is -2.25. The van der Waals surface area contributed by atoms with Gasteiger partial charge in [0.2, 0.25) is 0 Å². The van der Waals surface area contributed by atoms with Gasteiger partial charge in [-0.25, -0.2) is 28.7 Å². The first-order chi connectivity index (χ1) is 18.6. The molecule has 3 aromatic heterocycles. The van der Waals surface area contributed by atoms with Crippen LogP contribution in [0.3, 0.4) is 0 Å². The topological polar surface area (TPSA) is 219 Å². The Kier molecular flexibility index (Phi) is 7.89. The molecule has 0 aromatic carbocycles. The van der Waals surface area contributed by atoms with Gasteiger partial charge in [-0.1, -0.05) is 0 Å². The Hall–Kier alpha value is -2.70. The molecule has 5 N–H and O–H groups in total. The van der Waals surface area contributed by atoms with E-state index in [9.17, 15) is 24.4 Å². The molecule has 5 rings (SSSR count). The highest BCUT2D eigenvalue weighted by molar-refractivity contribution is 8.54. The molecule has 3 aromatic rings. The first-order valence-corrected chi connectivity index (χ1v) is 15.0. The van der Waals surface area contributed by atoms with Gasteiger partial charge in [0.05, 0.1) is 25.6 Å². The number of halogens is 1. The molecular weight excluding hydrogens is 564 g/mol. The summed E-state index contributed by atoms with van der Waals surface area (Å²) in [5.74, 6) is 0.186. The Balaban J connectivity index is 1.26. The average molecular weight is 589 g/mol. The van der Waals surface area contributed by atoms with Crippen molar-refractivity contribution in [3.63, 3.8) is 0 Å². The van der Waals surface area contributed by atoms with Crippen molar-refractivity contribution in [3.05, 3.63) is 45.8 Å². The van der Waals surface area contributed by atoms with Crippen LogP contribution in [0.15, 0.2) is 34.5 Å². The van der Waals surface area contributed by atoms with Crippen LogP contribution in [-0.2, 0) is 23.1 Å². The summed E-state index contributed by atoms with van der Waals surface area (Å²) < 4.78 is 53.5. The summed E-state index contributed by atoms with van der Waals surface area (Å²) in [7, 11) is 0. The fourth-order valence-electron chi connectivity index (χ4n) is 4.38. The SMILES string of the molecule is CSP(=O)(OC[C@H]1O[C@@H](n2cnc3c(N)ncnc32)CC1O)OC1C(F)[C@H](n2ccc(=O)[nH]c2=O)O[C@@H]1CO. The number of aliphatic hydroxyl groups excluding tert-OH is 2. The lowest BCUT2D eigenvalue weighted by atomic mass is 10.1. The summed E-state index contributed by atoms with van der Waals surface area (Å²) >= 11 is 0.670. The third-order valence-corrected chi connectivity index (χ3v) is 9.68. The average Bonchev–Trinajstić information content (AvgIpc) is 3.59. The number of nitrogens with zero attached hydrogens (tertiary/aromatic N) is 5. The number of H-pyrrole nitrogens is 1. The smallest absolute Gasteiger partial charge is 0.389 e. The Morgan fingerprint density at radius 1 is 1.28 bits per heavy atom. The standard InChI is InChI=1S/C20H25FN7O9PS/c1-39-38(33,37-16-10(5-29)36-19(14(16)21)27-3-2-12(31)26-20(27)32)34-6-11-9(30)4-13(35-11)28-8-25-15-17(22)23-7-24-18(15)28/h2-3,7-11,13-14,16,19,29-30H,4-6H2,1H3,(H2,22,23,24)(H,26,31,32)/t9?,10-,11-,13-,14?,16?,19-,38?/m1/s1. The molecule has 2 aliphatic rings. The fraction of sp³-hybridized carbons (Fsp3) is 0.550. The van der Waals surface area contributed by atoms with E-state index in [1.54, 1.807) is 4.57 Å². The lowest BCUT2D eigenvalue weighted by Crippen LogP contribution is -2.36. The van der Waals surface area contributed by atoms with E-state index < -0.39 is 67.7 Å². The van der Waals surface area contributed by atoms with Crippen LogP contribution in [0, 0.1) is 0 Å². The maximum absolute atomic E-state index is 15.4. The van der Waals surface area contributed by atoms with E-state index >= 15 is 4.39 Å². The number of rotatable bonds is 9. The zero-order chi connectivity index (χ0) is 27.9. The molecule has 4 unspecified atom stereocenters. The highest BCUT2D eigenvalue weighted by Gasteiger charge is 2.50. The lowest BCUT2D eigenvalue weighted by molar-refractivity contribution is -0.0511. The van der Waals surface area contributed by atoms with Crippen LogP contribution in [-0.4, -0.2) is 89.3 Å². The van der Waals surface area contributed by atoms with Gasteiger partial charge >= 0.3 is 12.5 Å². The maximum atomic E-state index is 15.4. The number of hydrogen-bond acceptors (Lipinski definition) is 14. The van der Waals surface area contributed by atoms with Gasteiger partial charge in [0.1, 0.15) is 36.4 Å². The van der Waals surface area contributed by atoms with Crippen molar-refractivity contribution in [2.75, 3.05) is 25.2 Å². The molecule has 19 heteroatoms. The number of anilines is 1. The Labute approximate surface area is 222 Å². The molecule has 0 amide bonds. The first kappa shape index (κ1) is 27.9. The van der Waals surface area contributed by atoms with Crippen molar-refractivity contribution < 1.29 is 37.7 Å². The van der Waals surface area contributed by atoms with E-state index in [2.05, 4.69) is 15.0 Å². The molecule has 8 atom stereocenters. The van der Waals surface area contributed by atoms with E-state index in [0.717, 1.165) is 16.8 Å². The molecular formula is C20H25FN7O9PS. The second-order valence-electron chi connectivity index (χ2n) is 8.72. The van der Waals surface area contributed by atoms with Crippen LogP contribution < -0.4 is 17.0 Å². The number of ether oxygens (including phenoxy) is 2. The third kappa shape index (κ3) is 5.38. The number of aliphatic hydroxyl groups is 2. The van der Waals surface area contributed by atoms with Crippen molar-refractivity contribution in [2.45, 2.75) is 49.5 Å². The summed E-state index contributed by atoms with van der Waals surface area (Å²) in [5.41, 5.74) is 4.98. The minimum absolute atomic E-state index is 0.138. The zero-order valence-corrected chi connectivity index (χ0v) is 22.0. The molecule has 39 heavy (non-hydrogen) atoms. The molecule has 2 saturated heterocycles. The number of aromatic nitrogens is 6. The molecule has 0 radical (unpaired) electrons. The largest absolute Gasteiger partial charge is 0.394 e. The summed E-state index contributed by atoms with van der Waals surface area (Å²) in [6.45, 7) is -5.18. The number of alkyl halides is 1. The number of nitrogen functional groups attached to an aromatic ring is 1. The van der Waals surface area contributed by atoms with Gasteiger partial charge < -0.3 is 25.4 Å². The fourth-order valence-corrected chi connectivity index (χ4v) is 6.56. The zero-order valence-electron chi connectivity index (χ0n) is 20.3. The van der Waals surface area contributed by atoms with Crippen molar-refractivity contribution in [3.8, 4) is 0 Å². The van der Waals surface area contributed by atoms with Crippen molar-refractivity contribution >= 4 is 35.2 Å². The van der Waals surface area contributed by atoms with Crippen molar-refractivity contribution in [2.24, 2.45) is 0 Å². The molecule has 16 nitrogen and oxygen atoms in total. The Morgan fingerprint density at radius 3 is 2.79 bits per heavy atom. The van der Waals surface area contributed by atoms with Crippen LogP contribution in [0.2, 0.25) is 0 Å². The van der Waals surface area contributed by atoms with Gasteiger partial charge in [0, 0.05) is 18.7 Å². The molecule has 0 saturated carbocycles. The molecule has 0 spiro atoms. The predicted octanol–water partition coefficient (Wildman–Crippen LogP) is -0.292. The van der Waals surface area contributed by atoms with Gasteiger partial charge in [-0.3, -0.25) is 28.0 Å². The number of imidazole rings is 1. The Bertz CT molecular complexity index is 1500. The van der Waals surface area contributed by atoms with E-state index in [-0.39, 0.29) is 18.8 Å². The number of aromatic amines is 1. The van der Waals surface area contributed by atoms with Gasteiger partial charge in [0.25, 0.3) is 5.56 Å². The summed E-state index contributed by atoms with van der Waals surface area (Å²) in [6, 6.07) is 1.00.